The van der Waals surface area contributed by atoms with Gasteiger partial charge in [0.05, 0.1) is 18.8 Å². The molecule has 0 unspecified atom stereocenters. The maximum Gasteiger partial charge on any atom is 0.239 e. The molecule has 1 heterocycles. The van der Waals surface area contributed by atoms with E-state index in [0.29, 0.717) is 6.54 Å². The Kier molecular flexibility index (Phi) is 4.68. The fourth-order valence-electron chi connectivity index (χ4n) is 1.30. The van der Waals surface area contributed by atoms with Crippen LogP contribution in [-0.4, -0.2) is 34.7 Å². The average Bonchev–Trinajstić information content (AvgIpc) is 2.70. The Balaban J connectivity index is 2.30. The fourth-order valence-corrected chi connectivity index (χ4v) is 1.30. The molecule has 1 aromatic rings. The molecule has 0 aromatic carbocycles. The SMILES string of the molecule is CC(=O)NCC(=O)NC[C@@H](C)n1cc(C)cn1. The summed E-state index contributed by atoms with van der Waals surface area (Å²) in [7, 11) is 0. The summed E-state index contributed by atoms with van der Waals surface area (Å²) in [5, 5.41) is 9.33. The van der Waals surface area contributed by atoms with Gasteiger partial charge in [-0.05, 0) is 19.4 Å². The zero-order valence-electron chi connectivity index (χ0n) is 10.4. The van der Waals surface area contributed by atoms with Crippen LogP contribution in [-0.2, 0) is 9.59 Å². The van der Waals surface area contributed by atoms with Gasteiger partial charge >= 0.3 is 0 Å². The number of aryl methyl sites for hydroxylation is 1. The Hall–Kier alpha value is -1.85. The lowest BCUT2D eigenvalue weighted by molar-refractivity contribution is -0.125. The predicted octanol–water partition coefficient (Wildman–Crippen LogP) is 0.00482. The summed E-state index contributed by atoms with van der Waals surface area (Å²) in [6.45, 7) is 5.80. The number of aromatic nitrogens is 2. The van der Waals surface area contributed by atoms with Crippen molar-refractivity contribution in [2.24, 2.45) is 0 Å². The van der Waals surface area contributed by atoms with Crippen LogP contribution in [0, 0.1) is 6.92 Å². The molecular formula is C11H18N4O2. The lowest BCUT2D eigenvalue weighted by Gasteiger charge is -2.13. The topological polar surface area (TPSA) is 76.0 Å². The molecule has 0 bridgehead atoms. The lowest BCUT2D eigenvalue weighted by atomic mass is 10.3. The van der Waals surface area contributed by atoms with Crippen molar-refractivity contribution in [3.63, 3.8) is 0 Å². The minimum Gasteiger partial charge on any atom is -0.352 e. The number of rotatable bonds is 5. The molecule has 6 nitrogen and oxygen atoms in total. The first kappa shape index (κ1) is 13.2. The quantitative estimate of drug-likeness (QED) is 0.758. The summed E-state index contributed by atoms with van der Waals surface area (Å²) in [5.41, 5.74) is 1.08. The van der Waals surface area contributed by atoms with Crippen molar-refractivity contribution in [3.8, 4) is 0 Å². The third kappa shape index (κ3) is 4.67. The van der Waals surface area contributed by atoms with Gasteiger partial charge in [-0.2, -0.15) is 5.10 Å². The molecule has 0 fully saturated rings. The summed E-state index contributed by atoms with van der Waals surface area (Å²) < 4.78 is 1.80. The molecule has 0 spiro atoms. The molecule has 94 valence electrons. The maximum atomic E-state index is 11.3. The fraction of sp³-hybridized carbons (Fsp3) is 0.545. The van der Waals surface area contributed by atoms with Gasteiger partial charge in [0, 0.05) is 19.7 Å². The van der Waals surface area contributed by atoms with Gasteiger partial charge < -0.3 is 10.6 Å². The molecular weight excluding hydrogens is 220 g/mol. The Labute approximate surface area is 100 Å². The zero-order valence-corrected chi connectivity index (χ0v) is 10.4. The third-order valence-corrected chi connectivity index (χ3v) is 2.27. The first-order valence-corrected chi connectivity index (χ1v) is 5.51. The van der Waals surface area contributed by atoms with E-state index in [9.17, 15) is 9.59 Å². The van der Waals surface area contributed by atoms with Gasteiger partial charge in [0.15, 0.2) is 0 Å². The molecule has 17 heavy (non-hydrogen) atoms. The molecule has 1 aromatic heterocycles. The Bertz CT molecular complexity index is 400. The first-order chi connectivity index (χ1) is 7.99. The van der Waals surface area contributed by atoms with Crippen LogP contribution in [0.1, 0.15) is 25.5 Å². The van der Waals surface area contributed by atoms with Crippen LogP contribution < -0.4 is 10.6 Å². The van der Waals surface area contributed by atoms with Crippen molar-refractivity contribution in [3.05, 3.63) is 18.0 Å². The van der Waals surface area contributed by atoms with Crippen LogP contribution in [0.15, 0.2) is 12.4 Å². The van der Waals surface area contributed by atoms with E-state index < -0.39 is 0 Å². The molecule has 0 aliphatic rings. The van der Waals surface area contributed by atoms with Crippen molar-refractivity contribution in [2.45, 2.75) is 26.8 Å². The summed E-state index contributed by atoms with van der Waals surface area (Å²) in [5.74, 6) is -0.410. The standard InChI is InChI=1S/C11H18N4O2/c1-8-4-14-15(7-8)9(2)5-13-11(17)6-12-10(3)16/h4,7,9H,5-6H2,1-3H3,(H,12,16)(H,13,17)/t9-/m1/s1. The van der Waals surface area contributed by atoms with Gasteiger partial charge in [0.2, 0.25) is 11.8 Å². The Morgan fingerprint density at radius 3 is 2.71 bits per heavy atom. The normalized spacial score (nSPS) is 11.9. The molecule has 1 atom stereocenters. The minimum absolute atomic E-state index is 0.0141. The highest BCUT2D eigenvalue weighted by atomic mass is 16.2. The van der Waals surface area contributed by atoms with Crippen LogP contribution in [0.25, 0.3) is 0 Å². The molecule has 0 aliphatic carbocycles. The molecule has 0 aliphatic heterocycles. The lowest BCUT2D eigenvalue weighted by Crippen LogP contribution is -2.38. The van der Waals surface area contributed by atoms with Crippen molar-refractivity contribution in [1.82, 2.24) is 20.4 Å². The van der Waals surface area contributed by atoms with Crippen LogP contribution in [0.4, 0.5) is 0 Å². The van der Waals surface area contributed by atoms with Crippen molar-refractivity contribution in [1.29, 1.82) is 0 Å². The van der Waals surface area contributed by atoms with E-state index in [2.05, 4.69) is 15.7 Å². The molecule has 0 radical (unpaired) electrons. The second kappa shape index (κ2) is 6.03. The highest BCUT2D eigenvalue weighted by Gasteiger charge is 2.08. The van der Waals surface area contributed by atoms with Crippen molar-refractivity contribution in [2.75, 3.05) is 13.1 Å². The van der Waals surface area contributed by atoms with Crippen molar-refractivity contribution >= 4 is 11.8 Å². The molecule has 6 heteroatoms. The molecule has 1 rings (SSSR count). The molecule has 0 saturated heterocycles. The zero-order chi connectivity index (χ0) is 12.8. The summed E-state index contributed by atoms with van der Waals surface area (Å²) >= 11 is 0. The van der Waals surface area contributed by atoms with E-state index in [0.717, 1.165) is 5.56 Å². The smallest absolute Gasteiger partial charge is 0.239 e. The van der Waals surface area contributed by atoms with Crippen LogP contribution >= 0.6 is 0 Å². The van der Waals surface area contributed by atoms with Crippen LogP contribution in [0.5, 0.6) is 0 Å². The van der Waals surface area contributed by atoms with Gasteiger partial charge in [0.1, 0.15) is 0 Å². The van der Waals surface area contributed by atoms with E-state index in [1.807, 2.05) is 20.0 Å². The van der Waals surface area contributed by atoms with Gasteiger partial charge in [-0.15, -0.1) is 0 Å². The van der Waals surface area contributed by atoms with Gasteiger partial charge in [-0.25, -0.2) is 0 Å². The monoisotopic (exact) mass is 238 g/mol. The molecule has 2 amide bonds. The number of carbonyl (C=O) groups is 2. The minimum atomic E-state index is -0.212. The van der Waals surface area contributed by atoms with E-state index in [-0.39, 0.29) is 24.4 Å². The number of nitrogens with one attached hydrogen (secondary N) is 2. The number of amides is 2. The predicted molar refractivity (Wildman–Crippen MR) is 63.4 cm³/mol. The Morgan fingerprint density at radius 1 is 1.47 bits per heavy atom. The summed E-state index contributed by atoms with van der Waals surface area (Å²) in [6, 6.07) is 0.0879. The molecule has 2 N–H and O–H groups in total. The largest absolute Gasteiger partial charge is 0.352 e. The van der Waals surface area contributed by atoms with Gasteiger partial charge in [-0.1, -0.05) is 0 Å². The second-order valence-corrected chi connectivity index (χ2v) is 4.06. The first-order valence-electron chi connectivity index (χ1n) is 5.51. The van der Waals surface area contributed by atoms with E-state index >= 15 is 0 Å². The maximum absolute atomic E-state index is 11.3. The highest BCUT2D eigenvalue weighted by molar-refractivity contribution is 5.83. The second-order valence-electron chi connectivity index (χ2n) is 4.06. The van der Waals surface area contributed by atoms with Gasteiger partial charge in [-0.3, -0.25) is 14.3 Å². The van der Waals surface area contributed by atoms with E-state index in [1.165, 1.54) is 6.92 Å². The van der Waals surface area contributed by atoms with E-state index in [4.69, 9.17) is 0 Å². The summed E-state index contributed by atoms with van der Waals surface area (Å²) in [4.78, 5) is 21.9. The third-order valence-electron chi connectivity index (χ3n) is 2.27. The number of carbonyl (C=O) groups excluding carboxylic acids is 2. The number of hydrogen-bond donors (Lipinski definition) is 2. The van der Waals surface area contributed by atoms with Crippen LogP contribution in [0.3, 0.4) is 0 Å². The summed E-state index contributed by atoms with van der Waals surface area (Å²) in [6.07, 6.45) is 3.69. The number of hydrogen-bond acceptors (Lipinski definition) is 3. The molecule has 0 saturated carbocycles. The van der Waals surface area contributed by atoms with Crippen LogP contribution in [0.2, 0.25) is 0 Å². The van der Waals surface area contributed by atoms with Crippen molar-refractivity contribution < 1.29 is 9.59 Å². The Morgan fingerprint density at radius 2 is 2.18 bits per heavy atom. The van der Waals surface area contributed by atoms with E-state index in [1.54, 1.807) is 10.9 Å². The van der Waals surface area contributed by atoms with Gasteiger partial charge in [0.25, 0.3) is 0 Å². The number of nitrogens with zero attached hydrogens (tertiary/aromatic N) is 2. The highest BCUT2D eigenvalue weighted by Crippen LogP contribution is 2.03. The average molecular weight is 238 g/mol.